The third kappa shape index (κ3) is 5.59. The Hall–Kier alpha value is -4.07. The van der Waals surface area contributed by atoms with E-state index in [1.807, 2.05) is 29.2 Å². The van der Waals surface area contributed by atoms with E-state index in [2.05, 4.69) is 24.4 Å². The monoisotopic (exact) mass is 489 g/mol. The summed E-state index contributed by atoms with van der Waals surface area (Å²) >= 11 is 0. The van der Waals surface area contributed by atoms with Crippen LogP contribution in [-0.4, -0.2) is 53.8 Å². The fourth-order valence-corrected chi connectivity index (χ4v) is 4.65. The van der Waals surface area contributed by atoms with Gasteiger partial charge in [-0.3, -0.25) is 9.59 Å². The number of nitrogens with zero attached hydrogens (tertiary/aromatic N) is 2. The molecule has 0 bridgehead atoms. The number of carbonyl (C=O) groups excluding carboxylic acids is 2. The van der Waals surface area contributed by atoms with Crippen LogP contribution in [0.4, 0.5) is 0 Å². The van der Waals surface area contributed by atoms with Gasteiger partial charge in [0.25, 0.3) is 11.8 Å². The molecule has 36 heavy (non-hydrogen) atoms. The SMILES string of the molecule is COc1cc(/C=N\NC(=O)c2cc3ccccc3cc2O)ccc1OCC(=O)N1[C@H](C)CCC[C@@H]1C. The van der Waals surface area contributed by atoms with Crippen molar-refractivity contribution in [2.75, 3.05) is 13.7 Å². The van der Waals surface area contributed by atoms with Crippen molar-refractivity contribution in [3.63, 3.8) is 0 Å². The lowest BCUT2D eigenvalue weighted by Crippen LogP contribution is -2.49. The molecule has 8 heteroatoms. The van der Waals surface area contributed by atoms with Crippen LogP contribution in [0.1, 0.15) is 49.0 Å². The maximum atomic E-state index is 12.8. The Balaban J connectivity index is 1.39. The fraction of sp³-hybridized carbons (Fsp3) is 0.321. The van der Waals surface area contributed by atoms with E-state index in [-0.39, 0.29) is 35.9 Å². The summed E-state index contributed by atoms with van der Waals surface area (Å²) in [7, 11) is 1.52. The molecule has 4 rings (SSSR count). The number of phenolic OH excluding ortho intramolecular Hbond substituents is 1. The predicted octanol–water partition coefficient (Wildman–Crippen LogP) is 4.49. The molecule has 2 N–H and O–H groups in total. The second-order valence-corrected chi connectivity index (χ2v) is 9.04. The van der Waals surface area contributed by atoms with E-state index in [1.54, 1.807) is 30.3 Å². The Morgan fingerprint density at radius 2 is 1.75 bits per heavy atom. The number of piperidine rings is 1. The van der Waals surface area contributed by atoms with Crippen molar-refractivity contribution in [1.29, 1.82) is 0 Å². The number of fused-ring (bicyclic) bond motifs is 1. The lowest BCUT2D eigenvalue weighted by molar-refractivity contribution is -0.139. The number of nitrogens with one attached hydrogen (secondary N) is 1. The highest BCUT2D eigenvalue weighted by Gasteiger charge is 2.29. The van der Waals surface area contributed by atoms with Gasteiger partial charge >= 0.3 is 0 Å². The molecule has 2 amide bonds. The number of likely N-dealkylation sites (tertiary alicyclic amines) is 1. The average molecular weight is 490 g/mol. The summed E-state index contributed by atoms with van der Waals surface area (Å²) in [6.45, 7) is 4.08. The van der Waals surface area contributed by atoms with Crippen molar-refractivity contribution in [3.8, 4) is 17.2 Å². The van der Waals surface area contributed by atoms with Crippen LogP contribution in [0.3, 0.4) is 0 Å². The Labute approximate surface area is 210 Å². The summed E-state index contributed by atoms with van der Waals surface area (Å²) in [6, 6.07) is 16.2. The smallest absolute Gasteiger partial charge is 0.275 e. The number of aromatic hydroxyl groups is 1. The number of amides is 2. The van der Waals surface area contributed by atoms with E-state index in [0.29, 0.717) is 17.1 Å². The Kier molecular flexibility index (Phi) is 7.73. The van der Waals surface area contributed by atoms with Gasteiger partial charge < -0.3 is 19.5 Å². The summed E-state index contributed by atoms with van der Waals surface area (Å²) in [4.78, 5) is 27.2. The van der Waals surface area contributed by atoms with Crippen LogP contribution in [0.5, 0.6) is 17.2 Å². The summed E-state index contributed by atoms with van der Waals surface area (Å²) in [6.07, 6.45) is 4.60. The van der Waals surface area contributed by atoms with Gasteiger partial charge in [-0.15, -0.1) is 0 Å². The van der Waals surface area contributed by atoms with Crippen LogP contribution in [0.25, 0.3) is 10.8 Å². The molecule has 0 aromatic heterocycles. The average Bonchev–Trinajstić information content (AvgIpc) is 2.87. The summed E-state index contributed by atoms with van der Waals surface area (Å²) in [5.41, 5.74) is 3.23. The van der Waals surface area contributed by atoms with Gasteiger partial charge in [-0.1, -0.05) is 24.3 Å². The van der Waals surface area contributed by atoms with Crippen LogP contribution in [0.15, 0.2) is 59.7 Å². The van der Waals surface area contributed by atoms with Crippen molar-refractivity contribution >= 4 is 28.8 Å². The summed E-state index contributed by atoms with van der Waals surface area (Å²) in [5, 5.41) is 15.9. The van der Waals surface area contributed by atoms with Gasteiger partial charge in [0.1, 0.15) is 5.75 Å². The van der Waals surface area contributed by atoms with E-state index < -0.39 is 5.91 Å². The minimum Gasteiger partial charge on any atom is -0.507 e. The molecule has 0 unspecified atom stereocenters. The zero-order valence-electron chi connectivity index (χ0n) is 20.7. The van der Waals surface area contributed by atoms with Gasteiger partial charge in [0, 0.05) is 12.1 Å². The number of ether oxygens (including phenoxy) is 2. The number of hydrazone groups is 1. The molecule has 1 heterocycles. The quantitative estimate of drug-likeness (QED) is 0.376. The zero-order chi connectivity index (χ0) is 25.7. The van der Waals surface area contributed by atoms with Gasteiger partial charge in [0.15, 0.2) is 18.1 Å². The van der Waals surface area contributed by atoms with Crippen LogP contribution >= 0.6 is 0 Å². The molecule has 0 aliphatic carbocycles. The highest BCUT2D eigenvalue weighted by Crippen LogP contribution is 2.29. The molecule has 0 spiro atoms. The lowest BCUT2D eigenvalue weighted by Gasteiger charge is -2.39. The largest absolute Gasteiger partial charge is 0.507 e. The Morgan fingerprint density at radius 1 is 1.06 bits per heavy atom. The highest BCUT2D eigenvalue weighted by molar-refractivity contribution is 6.01. The zero-order valence-corrected chi connectivity index (χ0v) is 20.7. The van der Waals surface area contributed by atoms with Gasteiger partial charge in [0.2, 0.25) is 0 Å². The topological polar surface area (TPSA) is 100 Å². The Bertz CT molecular complexity index is 1280. The number of benzene rings is 3. The number of rotatable bonds is 7. The number of hydrogen-bond donors (Lipinski definition) is 2. The van der Waals surface area contributed by atoms with E-state index >= 15 is 0 Å². The van der Waals surface area contributed by atoms with E-state index in [4.69, 9.17) is 9.47 Å². The molecular formula is C28H31N3O5. The van der Waals surface area contributed by atoms with Crippen LogP contribution in [0.2, 0.25) is 0 Å². The van der Waals surface area contributed by atoms with Crippen molar-refractivity contribution in [3.05, 3.63) is 65.7 Å². The van der Waals surface area contributed by atoms with Crippen molar-refractivity contribution in [2.45, 2.75) is 45.2 Å². The molecular weight excluding hydrogens is 458 g/mol. The van der Waals surface area contributed by atoms with Gasteiger partial charge in [-0.25, -0.2) is 5.43 Å². The third-order valence-electron chi connectivity index (χ3n) is 6.51. The Morgan fingerprint density at radius 3 is 2.44 bits per heavy atom. The van der Waals surface area contributed by atoms with Gasteiger partial charge in [0.05, 0.1) is 18.9 Å². The van der Waals surface area contributed by atoms with Crippen LogP contribution < -0.4 is 14.9 Å². The van der Waals surface area contributed by atoms with Crippen molar-refractivity contribution < 1.29 is 24.2 Å². The molecule has 3 aromatic rings. The second kappa shape index (κ2) is 11.1. The first-order chi connectivity index (χ1) is 17.4. The maximum Gasteiger partial charge on any atom is 0.275 e. The molecule has 0 saturated carbocycles. The van der Waals surface area contributed by atoms with Crippen molar-refractivity contribution in [2.24, 2.45) is 5.10 Å². The van der Waals surface area contributed by atoms with Crippen molar-refractivity contribution in [1.82, 2.24) is 10.3 Å². The highest BCUT2D eigenvalue weighted by atomic mass is 16.5. The summed E-state index contributed by atoms with van der Waals surface area (Å²) in [5.74, 6) is 0.214. The number of hydrogen-bond acceptors (Lipinski definition) is 6. The molecule has 2 atom stereocenters. The van der Waals surface area contributed by atoms with E-state index in [0.717, 1.165) is 30.0 Å². The molecule has 1 fully saturated rings. The molecule has 1 aliphatic heterocycles. The van der Waals surface area contributed by atoms with E-state index in [1.165, 1.54) is 13.3 Å². The first kappa shape index (κ1) is 25.0. The van der Waals surface area contributed by atoms with Gasteiger partial charge in [-0.05, 0) is 79.8 Å². The van der Waals surface area contributed by atoms with Gasteiger partial charge in [-0.2, -0.15) is 5.10 Å². The number of carbonyl (C=O) groups is 2. The minimum atomic E-state index is -0.527. The molecule has 8 nitrogen and oxygen atoms in total. The first-order valence-electron chi connectivity index (χ1n) is 12.0. The maximum absolute atomic E-state index is 12.8. The molecule has 1 saturated heterocycles. The van der Waals surface area contributed by atoms with E-state index in [9.17, 15) is 14.7 Å². The standard InChI is InChI=1S/C28H31N3O5/c1-18-7-6-8-19(2)31(18)27(33)17-36-25-12-11-20(13-26(25)35-3)16-29-30-28(34)23-14-21-9-4-5-10-22(21)15-24(23)32/h4-5,9-16,18-19,32H,6-8,17H2,1-3H3,(H,30,34)/b29-16-/t18-,19+. The summed E-state index contributed by atoms with van der Waals surface area (Å²) < 4.78 is 11.2. The normalized spacial score (nSPS) is 17.8. The number of methoxy groups -OCH3 is 1. The van der Waals surface area contributed by atoms with Crippen LogP contribution in [-0.2, 0) is 4.79 Å². The molecule has 188 valence electrons. The van der Waals surface area contributed by atoms with Crippen LogP contribution in [0, 0.1) is 0 Å². The number of phenols is 1. The fourth-order valence-electron chi connectivity index (χ4n) is 4.65. The first-order valence-corrected chi connectivity index (χ1v) is 12.0. The lowest BCUT2D eigenvalue weighted by atomic mass is 9.97. The molecule has 3 aromatic carbocycles. The molecule has 1 aliphatic rings. The third-order valence-corrected chi connectivity index (χ3v) is 6.51. The molecule has 0 radical (unpaired) electrons. The minimum absolute atomic E-state index is 0.0398. The second-order valence-electron chi connectivity index (χ2n) is 9.04. The predicted molar refractivity (Wildman–Crippen MR) is 139 cm³/mol.